The molecule has 2 N–H and O–H groups in total. The number of alkyl halides is 1. The van der Waals surface area contributed by atoms with Crippen LogP contribution in [0.15, 0.2) is 18.3 Å². The van der Waals surface area contributed by atoms with Crippen LogP contribution in [0.4, 0.5) is 0 Å². The largest absolute Gasteiger partial charge is 0.389 e. The second-order valence-corrected chi connectivity index (χ2v) is 3.45. The standard InChI is InChI=1S/C9H10BrNO3/c10-3-8(13)9(14)6-1-2-7(5-12)11-4-6/h1-2,4-5,8-9,13-14H,3H2. The molecule has 2 atom stereocenters. The Kier molecular flexibility index (Phi) is 4.19. The number of rotatable bonds is 4. The highest BCUT2D eigenvalue weighted by molar-refractivity contribution is 9.09. The van der Waals surface area contributed by atoms with Gasteiger partial charge in [0.25, 0.3) is 0 Å². The Morgan fingerprint density at radius 2 is 2.21 bits per heavy atom. The predicted molar refractivity (Wildman–Crippen MR) is 54.4 cm³/mol. The summed E-state index contributed by atoms with van der Waals surface area (Å²) in [7, 11) is 0. The van der Waals surface area contributed by atoms with Gasteiger partial charge in [0.2, 0.25) is 0 Å². The fraction of sp³-hybridized carbons (Fsp3) is 0.333. The van der Waals surface area contributed by atoms with Crippen molar-refractivity contribution in [2.24, 2.45) is 0 Å². The van der Waals surface area contributed by atoms with E-state index in [1.165, 1.54) is 12.3 Å². The van der Waals surface area contributed by atoms with Crippen LogP contribution in [0.5, 0.6) is 0 Å². The van der Waals surface area contributed by atoms with Gasteiger partial charge in [0, 0.05) is 17.1 Å². The number of halogens is 1. The minimum Gasteiger partial charge on any atom is -0.389 e. The van der Waals surface area contributed by atoms with Gasteiger partial charge in [0.05, 0.1) is 6.10 Å². The molecule has 0 aliphatic rings. The summed E-state index contributed by atoms with van der Waals surface area (Å²) < 4.78 is 0. The maximum atomic E-state index is 10.3. The average Bonchev–Trinajstić information content (AvgIpc) is 2.27. The molecule has 4 nitrogen and oxygen atoms in total. The lowest BCUT2D eigenvalue weighted by Crippen LogP contribution is -2.19. The Morgan fingerprint density at radius 3 is 2.64 bits per heavy atom. The van der Waals surface area contributed by atoms with Crippen LogP contribution in [0.25, 0.3) is 0 Å². The van der Waals surface area contributed by atoms with Crippen LogP contribution in [0.3, 0.4) is 0 Å². The second kappa shape index (κ2) is 5.19. The van der Waals surface area contributed by atoms with Crippen molar-refractivity contribution in [2.75, 3.05) is 5.33 Å². The minimum atomic E-state index is -0.984. The zero-order valence-corrected chi connectivity index (χ0v) is 8.89. The maximum Gasteiger partial charge on any atom is 0.168 e. The number of carbonyl (C=O) groups excluding carboxylic acids is 1. The first-order chi connectivity index (χ1) is 6.69. The molecule has 0 spiro atoms. The molecule has 0 saturated heterocycles. The van der Waals surface area contributed by atoms with E-state index in [1.54, 1.807) is 6.07 Å². The number of aldehydes is 1. The van der Waals surface area contributed by atoms with Crippen LogP contribution >= 0.6 is 15.9 Å². The molecule has 0 aromatic carbocycles. The molecule has 0 radical (unpaired) electrons. The highest BCUT2D eigenvalue weighted by atomic mass is 79.9. The van der Waals surface area contributed by atoms with Crippen molar-refractivity contribution < 1.29 is 15.0 Å². The Hall–Kier alpha value is -0.780. The molecule has 1 rings (SSSR count). The van der Waals surface area contributed by atoms with Gasteiger partial charge in [-0.3, -0.25) is 9.78 Å². The number of nitrogens with zero attached hydrogens (tertiary/aromatic N) is 1. The summed E-state index contributed by atoms with van der Waals surface area (Å²) in [5.74, 6) is 0. The SMILES string of the molecule is O=Cc1ccc(C(O)C(O)CBr)cn1. The monoisotopic (exact) mass is 259 g/mol. The van der Waals surface area contributed by atoms with Gasteiger partial charge in [-0.25, -0.2) is 0 Å². The molecule has 1 aromatic rings. The Labute approximate surface area is 89.7 Å². The quantitative estimate of drug-likeness (QED) is 0.617. The smallest absolute Gasteiger partial charge is 0.168 e. The summed E-state index contributed by atoms with van der Waals surface area (Å²) in [5.41, 5.74) is 0.789. The number of hydrogen-bond donors (Lipinski definition) is 2. The number of hydrogen-bond acceptors (Lipinski definition) is 4. The van der Waals surface area contributed by atoms with E-state index in [9.17, 15) is 15.0 Å². The number of pyridine rings is 1. The molecule has 2 unspecified atom stereocenters. The molecule has 14 heavy (non-hydrogen) atoms. The topological polar surface area (TPSA) is 70.4 Å². The first kappa shape index (κ1) is 11.3. The lowest BCUT2D eigenvalue weighted by Gasteiger charge is -2.15. The van der Waals surface area contributed by atoms with Crippen LogP contribution < -0.4 is 0 Å². The molecule has 0 fully saturated rings. The van der Waals surface area contributed by atoms with Crippen molar-refractivity contribution in [3.8, 4) is 0 Å². The van der Waals surface area contributed by atoms with Crippen molar-refractivity contribution in [3.63, 3.8) is 0 Å². The third kappa shape index (κ3) is 2.60. The molecule has 1 aromatic heterocycles. The highest BCUT2D eigenvalue weighted by Gasteiger charge is 2.16. The van der Waals surface area contributed by atoms with Gasteiger partial charge in [-0.15, -0.1) is 0 Å². The third-order valence-electron chi connectivity index (χ3n) is 1.79. The average molecular weight is 260 g/mol. The van der Waals surface area contributed by atoms with Gasteiger partial charge in [0.15, 0.2) is 6.29 Å². The molecular weight excluding hydrogens is 250 g/mol. The Bertz CT molecular complexity index is 301. The van der Waals surface area contributed by atoms with Crippen LogP contribution in [0, 0.1) is 0 Å². The number of aliphatic hydroxyl groups excluding tert-OH is 2. The van der Waals surface area contributed by atoms with Crippen LogP contribution in [0.1, 0.15) is 22.2 Å². The van der Waals surface area contributed by atoms with Crippen molar-refractivity contribution in [1.82, 2.24) is 4.98 Å². The van der Waals surface area contributed by atoms with Gasteiger partial charge >= 0.3 is 0 Å². The first-order valence-electron chi connectivity index (χ1n) is 4.02. The fourth-order valence-electron chi connectivity index (χ4n) is 0.968. The van der Waals surface area contributed by atoms with Gasteiger partial charge in [-0.05, 0) is 6.07 Å². The molecule has 1 heterocycles. The number of aromatic nitrogens is 1. The third-order valence-corrected chi connectivity index (χ3v) is 2.46. The highest BCUT2D eigenvalue weighted by Crippen LogP contribution is 2.17. The summed E-state index contributed by atoms with van der Waals surface area (Å²) in [6, 6.07) is 3.06. The van der Waals surface area contributed by atoms with Crippen LogP contribution in [-0.4, -0.2) is 32.9 Å². The maximum absolute atomic E-state index is 10.3. The Balaban J connectivity index is 2.80. The van der Waals surface area contributed by atoms with Crippen molar-refractivity contribution in [2.45, 2.75) is 12.2 Å². The molecule has 0 saturated carbocycles. The molecule has 5 heteroatoms. The van der Waals surface area contributed by atoms with E-state index in [-0.39, 0.29) is 5.33 Å². The molecular formula is C9H10BrNO3. The predicted octanol–water partition coefficient (Wildman–Crippen LogP) is 0.683. The number of carbonyl (C=O) groups is 1. The fourth-order valence-corrected chi connectivity index (χ4v) is 1.32. The summed E-state index contributed by atoms with van der Waals surface area (Å²) in [4.78, 5) is 14.1. The second-order valence-electron chi connectivity index (χ2n) is 2.80. The normalized spacial score (nSPS) is 14.8. The number of aliphatic hydroxyl groups is 2. The Morgan fingerprint density at radius 1 is 1.50 bits per heavy atom. The molecule has 0 aliphatic heterocycles. The lowest BCUT2D eigenvalue weighted by atomic mass is 10.1. The lowest BCUT2D eigenvalue weighted by molar-refractivity contribution is 0.0340. The minimum absolute atomic E-state index is 0.281. The summed E-state index contributed by atoms with van der Waals surface area (Å²) in [5, 5.41) is 19.1. The van der Waals surface area contributed by atoms with Crippen molar-refractivity contribution in [1.29, 1.82) is 0 Å². The van der Waals surface area contributed by atoms with Gasteiger partial charge in [-0.2, -0.15) is 0 Å². The van der Waals surface area contributed by atoms with E-state index in [0.717, 1.165) is 0 Å². The summed E-state index contributed by atoms with van der Waals surface area (Å²) in [6.07, 6.45) is 0.138. The molecule has 0 aliphatic carbocycles. The van der Waals surface area contributed by atoms with E-state index < -0.39 is 12.2 Å². The molecule has 0 amide bonds. The summed E-state index contributed by atoms with van der Waals surface area (Å²) >= 11 is 3.05. The van der Waals surface area contributed by atoms with E-state index >= 15 is 0 Å². The summed E-state index contributed by atoms with van der Waals surface area (Å²) in [6.45, 7) is 0. The van der Waals surface area contributed by atoms with Crippen LogP contribution in [-0.2, 0) is 0 Å². The molecule has 0 bridgehead atoms. The van der Waals surface area contributed by atoms with E-state index in [4.69, 9.17) is 0 Å². The van der Waals surface area contributed by atoms with Gasteiger partial charge < -0.3 is 10.2 Å². The zero-order chi connectivity index (χ0) is 10.6. The van der Waals surface area contributed by atoms with Gasteiger partial charge in [-0.1, -0.05) is 22.0 Å². The van der Waals surface area contributed by atoms with Crippen LogP contribution in [0.2, 0.25) is 0 Å². The zero-order valence-electron chi connectivity index (χ0n) is 7.30. The van der Waals surface area contributed by atoms with Crippen molar-refractivity contribution >= 4 is 22.2 Å². The van der Waals surface area contributed by atoms with Gasteiger partial charge in [0.1, 0.15) is 11.8 Å². The molecule has 76 valence electrons. The first-order valence-corrected chi connectivity index (χ1v) is 5.14. The van der Waals surface area contributed by atoms with Crippen molar-refractivity contribution in [3.05, 3.63) is 29.6 Å². The van der Waals surface area contributed by atoms with E-state index in [0.29, 0.717) is 17.5 Å². The van der Waals surface area contributed by atoms with E-state index in [1.807, 2.05) is 0 Å². The van der Waals surface area contributed by atoms with E-state index in [2.05, 4.69) is 20.9 Å².